The summed E-state index contributed by atoms with van der Waals surface area (Å²) in [6.45, 7) is 3.05. The van der Waals surface area contributed by atoms with Crippen molar-refractivity contribution in [3.8, 4) is 0 Å². The number of hydrogen-bond acceptors (Lipinski definition) is 4. The Bertz CT molecular complexity index is 718. The first kappa shape index (κ1) is 16.4. The number of carbonyl (C=O) groups is 3. The summed E-state index contributed by atoms with van der Waals surface area (Å²) in [5.74, 6) is -1.02. The molecule has 0 aliphatic rings. The highest BCUT2D eigenvalue weighted by Gasteiger charge is 2.09. The first-order valence-corrected chi connectivity index (χ1v) is 7.10. The molecule has 0 bridgehead atoms. The van der Waals surface area contributed by atoms with E-state index in [1.807, 2.05) is 19.1 Å². The van der Waals surface area contributed by atoms with Crippen LogP contribution in [0, 0.1) is 6.92 Å². The predicted octanol–water partition coefficient (Wildman–Crippen LogP) is 2.99. The van der Waals surface area contributed by atoms with Crippen LogP contribution in [-0.4, -0.2) is 24.3 Å². The van der Waals surface area contributed by atoms with Gasteiger partial charge in [0.25, 0.3) is 5.91 Å². The first-order chi connectivity index (χ1) is 11.0. The summed E-state index contributed by atoms with van der Waals surface area (Å²) in [7, 11) is 0. The third-order valence-corrected chi connectivity index (χ3v) is 3.10. The van der Waals surface area contributed by atoms with E-state index in [9.17, 15) is 14.4 Å². The highest BCUT2D eigenvalue weighted by Crippen LogP contribution is 2.13. The molecule has 2 rings (SSSR count). The van der Waals surface area contributed by atoms with Crippen molar-refractivity contribution in [2.24, 2.45) is 0 Å². The Morgan fingerprint density at radius 1 is 0.913 bits per heavy atom. The maximum absolute atomic E-state index is 12.1. The molecule has 1 amide bonds. The highest BCUT2D eigenvalue weighted by molar-refractivity contribution is 6.04. The van der Waals surface area contributed by atoms with E-state index in [0.717, 1.165) is 5.56 Å². The predicted molar refractivity (Wildman–Crippen MR) is 86.5 cm³/mol. The second kappa shape index (κ2) is 7.35. The maximum atomic E-state index is 12.1. The van der Waals surface area contributed by atoms with E-state index in [2.05, 4.69) is 5.32 Å². The molecule has 0 radical (unpaired) electrons. The van der Waals surface area contributed by atoms with Crippen LogP contribution >= 0.6 is 0 Å². The number of ketones is 1. The minimum Gasteiger partial charge on any atom is -0.454 e. The van der Waals surface area contributed by atoms with Crippen LogP contribution in [0.4, 0.5) is 5.69 Å². The van der Waals surface area contributed by atoms with Crippen molar-refractivity contribution in [1.29, 1.82) is 0 Å². The Morgan fingerprint density at radius 2 is 1.48 bits per heavy atom. The molecule has 1 N–H and O–H groups in total. The number of hydrogen-bond donors (Lipinski definition) is 1. The van der Waals surface area contributed by atoms with Crippen LogP contribution in [0.3, 0.4) is 0 Å². The van der Waals surface area contributed by atoms with Gasteiger partial charge in [0.15, 0.2) is 5.78 Å². The smallest absolute Gasteiger partial charge is 0.338 e. The number of amides is 1. The minimum absolute atomic E-state index is 0.222. The van der Waals surface area contributed by atoms with Crippen molar-refractivity contribution < 1.29 is 19.1 Å². The van der Waals surface area contributed by atoms with Crippen molar-refractivity contribution in [2.75, 3.05) is 11.9 Å². The van der Waals surface area contributed by atoms with Gasteiger partial charge in [0, 0.05) is 11.3 Å². The normalized spacial score (nSPS) is 10.0. The molecule has 0 aromatic heterocycles. The van der Waals surface area contributed by atoms with Crippen LogP contribution in [0.25, 0.3) is 0 Å². The van der Waals surface area contributed by atoms with Gasteiger partial charge >= 0.3 is 5.97 Å². The second-order valence-electron chi connectivity index (χ2n) is 5.18. The number of esters is 1. The molecule has 0 aliphatic carbocycles. The van der Waals surface area contributed by atoms with Crippen LogP contribution in [0.15, 0.2) is 48.5 Å². The zero-order chi connectivity index (χ0) is 16.8. The van der Waals surface area contributed by atoms with Crippen LogP contribution in [0.2, 0.25) is 0 Å². The summed E-state index contributed by atoms with van der Waals surface area (Å²) in [6, 6.07) is 13.5. The van der Waals surface area contributed by atoms with Crippen LogP contribution in [-0.2, 0) is 9.53 Å². The zero-order valence-electron chi connectivity index (χ0n) is 13.0. The summed E-state index contributed by atoms with van der Waals surface area (Å²) in [6.07, 6.45) is 0. The quantitative estimate of drug-likeness (QED) is 0.862. The SMILES string of the molecule is CC(=O)COC(=O)c1ccc(NC(=O)c2ccc(C)cc2)cc1. The van der Waals surface area contributed by atoms with Gasteiger partial charge in [0.05, 0.1) is 5.56 Å². The van der Waals surface area contributed by atoms with Gasteiger partial charge in [0.1, 0.15) is 6.61 Å². The molecule has 23 heavy (non-hydrogen) atoms. The van der Waals surface area contributed by atoms with Gasteiger partial charge in [-0.3, -0.25) is 9.59 Å². The summed E-state index contributed by atoms with van der Waals surface area (Å²) >= 11 is 0. The Labute approximate surface area is 134 Å². The molecule has 5 heteroatoms. The molecule has 2 aromatic carbocycles. The minimum atomic E-state index is -0.573. The lowest BCUT2D eigenvalue weighted by atomic mass is 10.1. The fourth-order valence-electron chi connectivity index (χ4n) is 1.85. The van der Waals surface area contributed by atoms with E-state index in [-0.39, 0.29) is 18.3 Å². The Morgan fingerprint density at radius 3 is 2.04 bits per heavy atom. The molecule has 0 fully saturated rings. The fraction of sp³-hybridized carbons (Fsp3) is 0.167. The van der Waals surface area contributed by atoms with E-state index in [1.165, 1.54) is 19.1 Å². The molecule has 5 nitrogen and oxygen atoms in total. The molecular weight excluding hydrogens is 294 g/mol. The molecule has 118 valence electrons. The van der Waals surface area contributed by atoms with Crippen molar-refractivity contribution in [3.63, 3.8) is 0 Å². The van der Waals surface area contributed by atoms with Gasteiger partial charge in [-0.2, -0.15) is 0 Å². The van der Waals surface area contributed by atoms with E-state index in [0.29, 0.717) is 16.8 Å². The average molecular weight is 311 g/mol. The molecule has 2 aromatic rings. The molecule has 0 spiro atoms. The Kier molecular flexibility index (Phi) is 5.25. The lowest BCUT2D eigenvalue weighted by Gasteiger charge is -2.07. The number of carbonyl (C=O) groups excluding carboxylic acids is 3. The molecule has 0 saturated carbocycles. The lowest BCUT2D eigenvalue weighted by Crippen LogP contribution is -2.13. The van der Waals surface area contributed by atoms with Gasteiger partial charge in [-0.05, 0) is 50.2 Å². The Hall–Kier alpha value is -2.95. The molecular formula is C18H17NO4. The van der Waals surface area contributed by atoms with Gasteiger partial charge in [-0.1, -0.05) is 17.7 Å². The van der Waals surface area contributed by atoms with Gasteiger partial charge in [-0.15, -0.1) is 0 Å². The van der Waals surface area contributed by atoms with E-state index in [1.54, 1.807) is 24.3 Å². The number of ether oxygens (including phenoxy) is 1. The van der Waals surface area contributed by atoms with E-state index in [4.69, 9.17) is 4.74 Å². The summed E-state index contributed by atoms with van der Waals surface area (Å²) in [4.78, 5) is 34.5. The largest absolute Gasteiger partial charge is 0.454 e. The third kappa shape index (κ3) is 4.78. The molecule has 0 aliphatic heterocycles. The number of benzene rings is 2. The van der Waals surface area contributed by atoms with Crippen molar-refractivity contribution in [2.45, 2.75) is 13.8 Å². The van der Waals surface area contributed by atoms with Gasteiger partial charge < -0.3 is 10.1 Å². The molecule has 0 saturated heterocycles. The van der Waals surface area contributed by atoms with Gasteiger partial charge in [-0.25, -0.2) is 4.79 Å². The number of anilines is 1. The zero-order valence-corrected chi connectivity index (χ0v) is 13.0. The summed E-state index contributed by atoms with van der Waals surface area (Å²) in [5, 5.41) is 2.75. The third-order valence-electron chi connectivity index (χ3n) is 3.10. The summed E-state index contributed by atoms with van der Waals surface area (Å²) in [5.41, 5.74) is 2.52. The number of rotatable bonds is 5. The average Bonchev–Trinajstić information content (AvgIpc) is 2.54. The van der Waals surface area contributed by atoms with Crippen LogP contribution in [0.5, 0.6) is 0 Å². The van der Waals surface area contributed by atoms with Crippen LogP contribution in [0.1, 0.15) is 33.2 Å². The Balaban J connectivity index is 1.99. The lowest BCUT2D eigenvalue weighted by molar-refractivity contribution is -0.120. The number of aryl methyl sites for hydroxylation is 1. The standard InChI is InChI=1S/C18H17NO4/c1-12-3-5-14(6-4-12)17(21)19-16-9-7-15(8-10-16)18(22)23-11-13(2)20/h3-10H,11H2,1-2H3,(H,19,21). The van der Waals surface area contributed by atoms with Crippen molar-refractivity contribution >= 4 is 23.3 Å². The summed E-state index contributed by atoms with van der Waals surface area (Å²) < 4.78 is 4.82. The molecule has 0 heterocycles. The van der Waals surface area contributed by atoms with Crippen molar-refractivity contribution in [1.82, 2.24) is 0 Å². The van der Waals surface area contributed by atoms with E-state index < -0.39 is 5.97 Å². The number of Topliss-reactive ketones (excluding diaryl/α,β-unsaturated/α-hetero) is 1. The van der Waals surface area contributed by atoms with E-state index >= 15 is 0 Å². The topological polar surface area (TPSA) is 72.5 Å². The second-order valence-corrected chi connectivity index (χ2v) is 5.18. The fourth-order valence-corrected chi connectivity index (χ4v) is 1.85. The molecule has 0 unspecified atom stereocenters. The maximum Gasteiger partial charge on any atom is 0.338 e. The first-order valence-electron chi connectivity index (χ1n) is 7.10. The number of nitrogens with one attached hydrogen (secondary N) is 1. The van der Waals surface area contributed by atoms with Gasteiger partial charge in [0.2, 0.25) is 0 Å². The monoisotopic (exact) mass is 311 g/mol. The molecule has 0 atom stereocenters. The van der Waals surface area contributed by atoms with Crippen molar-refractivity contribution in [3.05, 3.63) is 65.2 Å². The highest BCUT2D eigenvalue weighted by atomic mass is 16.5. The van der Waals surface area contributed by atoms with Crippen LogP contribution < -0.4 is 5.32 Å².